The van der Waals surface area contributed by atoms with Gasteiger partial charge < -0.3 is 9.13 Å². The number of rotatable bonds is 5. The molecule has 220 valence electrons. The summed E-state index contributed by atoms with van der Waals surface area (Å²) in [5, 5.41) is 7.48. The second-order valence-electron chi connectivity index (χ2n) is 12.0. The van der Waals surface area contributed by atoms with Crippen molar-refractivity contribution in [1.29, 1.82) is 0 Å². The molecule has 1 aliphatic carbocycles. The van der Waals surface area contributed by atoms with Crippen LogP contribution in [0.1, 0.15) is 17.7 Å². The Kier molecular flexibility index (Phi) is 6.45. The van der Waals surface area contributed by atoms with Gasteiger partial charge in [0.25, 0.3) is 0 Å². The molecule has 0 fully saturated rings. The van der Waals surface area contributed by atoms with Crippen molar-refractivity contribution in [2.24, 2.45) is 0 Å². The molecule has 0 spiro atoms. The minimum atomic E-state index is -2.34. The van der Waals surface area contributed by atoms with E-state index in [1.54, 1.807) is 0 Å². The second-order valence-corrected chi connectivity index (χ2v) is 16.4. The zero-order valence-electron chi connectivity index (χ0n) is 25.3. The number of para-hydroxylation sites is 3. The van der Waals surface area contributed by atoms with Crippen molar-refractivity contribution >= 4 is 72.5 Å². The highest BCUT2D eigenvalue weighted by Crippen LogP contribution is 2.44. The highest BCUT2D eigenvalue weighted by molar-refractivity contribution is 8.25. The fraction of sp³-hybridized carbons (Fsp3) is 0.0476. The molecule has 1 unspecified atom stereocenters. The fourth-order valence-electron chi connectivity index (χ4n) is 7.37. The van der Waals surface area contributed by atoms with Crippen LogP contribution in [0, 0.1) is 0 Å². The Hall–Kier alpha value is -4.95. The minimum Gasteiger partial charge on any atom is -0.310 e. The molecule has 1 atom stereocenters. The Bertz CT molecular complexity index is 2430. The second kappa shape index (κ2) is 10.8. The Morgan fingerprint density at radius 2 is 0.913 bits per heavy atom. The molecule has 46 heavy (non-hydrogen) atoms. The number of aryl methyl sites for hydroxylation is 1. The largest absolute Gasteiger partial charge is 0.310 e. The smallest absolute Gasteiger partial charge is 0.0541 e. The Labute approximate surface area is 273 Å². The third-order valence-electron chi connectivity index (χ3n) is 9.50. The van der Waals surface area contributed by atoms with Crippen LogP contribution in [0.25, 0.3) is 50.2 Å². The third-order valence-corrected chi connectivity index (χ3v) is 14.5. The minimum absolute atomic E-state index is 1.08. The first-order chi connectivity index (χ1) is 22.7. The van der Waals surface area contributed by atoms with Crippen LogP contribution in [-0.4, -0.2) is 9.13 Å². The summed E-state index contributed by atoms with van der Waals surface area (Å²) in [6.45, 7) is 0. The van der Waals surface area contributed by atoms with Gasteiger partial charge in [-0.25, -0.2) is 0 Å². The Balaban J connectivity index is 1.17. The lowest BCUT2D eigenvalue weighted by atomic mass is 10.0. The molecule has 0 saturated carbocycles. The summed E-state index contributed by atoms with van der Waals surface area (Å²) in [4.78, 5) is 0. The maximum Gasteiger partial charge on any atom is 0.0541 e. The summed E-state index contributed by atoms with van der Waals surface area (Å²) >= 11 is 6.80. The average Bonchev–Trinajstić information content (AvgIpc) is 3.65. The highest BCUT2D eigenvalue weighted by Gasteiger charge is 2.26. The van der Waals surface area contributed by atoms with Gasteiger partial charge in [-0.15, -0.1) is 0 Å². The van der Waals surface area contributed by atoms with E-state index in [-0.39, 0.29) is 0 Å². The molecule has 2 heterocycles. The van der Waals surface area contributed by atoms with Crippen LogP contribution < -0.4 is 15.9 Å². The van der Waals surface area contributed by atoms with Crippen LogP contribution in [0.5, 0.6) is 0 Å². The summed E-state index contributed by atoms with van der Waals surface area (Å²) in [7, 11) is 0. The van der Waals surface area contributed by atoms with Gasteiger partial charge in [-0.1, -0.05) is 127 Å². The van der Waals surface area contributed by atoms with Gasteiger partial charge in [0.1, 0.15) is 0 Å². The van der Waals surface area contributed by atoms with Crippen LogP contribution in [-0.2, 0) is 18.2 Å². The molecule has 0 radical (unpaired) electrons. The summed E-state index contributed by atoms with van der Waals surface area (Å²) in [5.41, 5.74) is 8.74. The Morgan fingerprint density at radius 1 is 0.457 bits per heavy atom. The standard InChI is InChI=1S/C42H31N2PS/c46-45(32-12-2-1-3-13-32,33-26-22-30(23-27-33)43-39-18-8-4-14-35(39)36-15-5-9-19-40(36)43)34-28-24-31(25-29-34)44-41-20-10-6-16-37(41)38-17-7-11-21-42(38)44/h1-6,8-16,18-29H,7,17H2. The van der Waals surface area contributed by atoms with E-state index in [1.165, 1.54) is 65.6 Å². The first-order valence-corrected chi connectivity index (χ1v) is 18.7. The van der Waals surface area contributed by atoms with Crippen molar-refractivity contribution < 1.29 is 0 Å². The van der Waals surface area contributed by atoms with Crippen LogP contribution in [0.4, 0.5) is 0 Å². The van der Waals surface area contributed by atoms with Crippen molar-refractivity contribution in [1.82, 2.24) is 9.13 Å². The number of allylic oxidation sites excluding steroid dienone is 1. The van der Waals surface area contributed by atoms with Gasteiger partial charge in [-0.05, 0) is 82.9 Å². The summed E-state index contributed by atoms with van der Waals surface area (Å²) < 4.78 is 4.78. The molecule has 1 aliphatic rings. The number of aromatic nitrogens is 2. The van der Waals surface area contributed by atoms with Crippen molar-refractivity contribution in [2.75, 3.05) is 0 Å². The first kappa shape index (κ1) is 27.4. The third kappa shape index (κ3) is 4.13. The van der Waals surface area contributed by atoms with E-state index in [0.29, 0.717) is 0 Å². The quantitative estimate of drug-likeness (QED) is 0.173. The number of benzene rings is 6. The molecule has 0 bridgehead atoms. The predicted molar refractivity (Wildman–Crippen MR) is 201 cm³/mol. The highest BCUT2D eigenvalue weighted by atomic mass is 32.4. The molecule has 2 nitrogen and oxygen atoms in total. The molecule has 0 amide bonds. The normalized spacial score (nSPS) is 14.1. The summed E-state index contributed by atoms with van der Waals surface area (Å²) in [5.74, 6) is 0. The van der Waals surface area contributed by atoms with E-state index in [0.717, 1.165) is 18.5 Å². The van der Waals surface area contributed by atoms with Gasteiger partial charge in [0.2, 0.25) is 0 Å². The zero-order chi connectivity index (χ0) is 30.7. The number of hydrogen-bond donors (Lipinski definition) is 0. The molecular weight excluding hydrogens is 596 g/mol. The van der Waals surface area contributed by atoms with Crippen molar-refractivity contribution in [3.63, 3.8) is 0 Å². The van der Waals surface area contributed by atoms with E-state index >= 15 is 0 Å². The Morgan fingerprint density at radius 3 is 1.50 bits per heavy atom. The fourth-order valence-corrected chi connectivity index (χ4v) is 11.1. The average molecular weight is 627 g/mol. The van der Waals surface area contributed by atoms with Crippen LogP contribution >= 0.6 is 6.04 Å². The molecule has 9 rings (SSSR count). The molecule has 8 aromatic rings. The lowest BCUT2D eigenvalue weighted by Crippen LogP contribution is -2.25. The van der Waals surface area contributed by atoms with Crippen LogP contribution in [0.15, 0.2) is 158 Å². The lowest BCUT2D eigenvalue weighted by molar-refractivity contribution is 0.968. The van der Waals surface area contributed by atoms with Gasteiger partial charge in [0, 0.05) is 39.3 Å². The number of hydrogen-bond acceptors (Lipinski definition) is 1. The summed E-state index contributed by atoms with van der Waals surface area (Å²) in [6, 6.07) is 52.6. The van der Waals surface area contributed by atoms with Gasteiger partial charge in [0.05, 0.1) is 16.6 Å². The monoisotopic (exact) mass is 626 g/mol. The van der Waals surface area contributed by atoms with Gasteiger partial charge in [-0.2, -0.15) is 0 Å². The van der Waals surface area contributed by atoms with Gasteiger partial charge in [-0.3, -0.25) is 0 Å². The van der Waals surface area contributed by atoms with Crippen molar-refractivity contribution in [3.05, 3.63) is 169 Å². The molecule has 2 aromatic heterocycles. The van der Waals surface area contributed by atoms with Gasteiger partial charge >= 0.3 is 0 Å². The van der Waals surface area contributed by atoms with Crippen LogP contribution in [0.2, 0.25) is 0 Å². The topological polar surface area (TPSA) is 9.86 Å². The maximum atomic E-state index is 6.80. The van der Waals surface area contributed by atoms with Crippen molar-refractivity contribution in [2.45, 2.75) is 12.8 Å². The molecule has 4 heteroatoms. The predicted octanol–water partition coefficient (Wildman–Crippen LogP) is 9.44. The molecule has 6 aromatic carbocycles. The summed E-state index contributed by atoms with van der Waals surface area (Å²) in [6.07, 6.45) is 6.76. The number of fused-ring (bicyclic) bond motifs is 6. The molecular formula is C42H31N2PS. The molecule has 0 aliphatic heterocycles. The van der Waals surface area contributed by atoms with Crippen molar-refractivity contribution in [3.8, 4) is 11.4 Å². The lowest BCUT2D eigenvalue weighted by Gasteiger charge is -2.25. The van der Waals surface area contributed by atoms with E-state index in [9.17, 15) is 0 Å². The first-order valence-electron chi connectivity index (χ1n) is 15.9. The van der Waals surface area contributed by atoms with Gasteiger partial charge in [0.15, 0.2) is 0 Å². The van der Waals surface area contributed by atoms with Crippen LogP contribution in [0.3, 0.4) is 0 Å². The zero-order valence-corrected chi connectivity index (χ0v) is 27.0. The molecule has 0 N–H and O–H groups in total. The van der Waals surface area contributed by atoms with E-state index < -0.39 is 6.04 Å². The number of nitrogens with zero attached hydrogens (tertiary/aromatic N) is 2. The SMILES string of the molecule is S=P(c1ccccc1)(c1ccc(-n2c3c(c4ccccc42)CCC=C3)cc1)c1ccc(-n2c3ccccc3c3ccccc32)cc1. The maximum absolute atomic E-state index is 6.80. The molecule has 0 saturated heterocycles. The van der Waals surface area contributed by atoms with E-state index in [2.05, 4.69) is 173 Å². The van der Waals surface area contributed by atoms with E-state index in [4.69, 9.17) is 11.8 Å². The van der Waals surface area contributed by atoms with E-state index in [1.807, 2.05) is 0 Å².